The predicted molar refractivity (Wildman–Crippen MR) is 132 cm³/mol. The van der Waals surface area contributed by atoms with Crippen molar-refractivity contribution < 1.29 is 23.9 Å². The van der Waals surface area contributed by atoms with Crippen LogP contribution < -0.4 is 15.0 Å². The van der Waals surface area contributed by atoms with Crippen molar-refractivity contribution in [3.8, 4) is 5.75 Å². The second kappa shape index (κ2) is 9.80. The van der Waals surface area contributed by atoms with Crippen LogP contribution in [0.2, 0.25) is 0 Å². The van der Waals surface area contributed by atoms with Crippen LogP contribution in [-0.4, -0.2) is 49.0 Å². The van der Waals surface area contributed by atoms with Crippen LogP contribution in [0.15, 0.2) is 48.5 Å². The Morgan fingerprint density at radius 3 is 2.44 bits per heavy atom. The molecule has 2 aliphatic heterocycles. The molecule has 0 bridgehead atoms. The molecule has 2 amide bonds. The molecule has 0 unspecified atom stereocenters. The lowest BCUT2D eigenvalue weighted by atomic mass is 9.77. The monoisotopic (exact) mass is 482 g/mol. The molecule has 8 heteroatoms. The number of hydrogen-bond acceptors (Lipinski definition) is 7. The van der Waals surface area contributed by atoms with Gasteiger partial charge in [-0.15, -0.1) is 0 Å². The van der Waals surface area contributed by atoms with Crippen LogP contribution in [0.25, 0.3) is 0 Å². The third-order valence-corrected chi connectivity index (χ3v) is 7.45. The van der Waals surface area contributed by atoms with Gasteiger partial charge in [0.15, 0.2) is 0 Å². The molecule has 2 fully saturated rings. The second-order valence-corrected chi connectivity index (χ2v) is 9.61. The van der Waals surface area contributed by atoms with E-state index in [2.05, 4.69) is 5.32 Å². The maximum atomic E-state index is 13.9. The van der Waals surface area contributed by atoms with Crippen LogP contribution in [-0.2, 0) is 19.1 Å². The molecule has 180 valence electrons. The molecule has 4 rings (SSSR count). The van der Waals surface area contributed by atoms with Gasteiger partial charge in [-0.05, 0) is 67.7 Å². The van der Waals surface area contributed by atoms with E-state index < -0.39 is 29.4 Å². The number of esters is 1. The van der Waals surface area contributed by atoms with E-state index in [1.807, 2.05) is 44.4 Å². The lowest BCUT2D eigenvalue weighted by Gasteiger charge is -2.32. The summed E-state index contributed by atoms with van der Waals surface area (Å²) in [5.41, 5.74) is 1.08. The Kier molecular flexibility index (Phi) is 7.00. The fourth-order valence-electron chi connectivity index (χ4n) is 5.28. The molecule has 0 radical (unpaired) electrons. The third kappa shape index (κ3) is 3.88. The predicted octanol–water partition coefficient (Wildman–Crippen LogP) is 3.51. The van der Waals surface area contributed by atoms with Gasteiger partial charge in [0, 0.05) is 6.04 Å². The number of methoxy groups -OCH3 is 1. The van der Waals surface area contributed by atoms with E-state index in [4.69, 9.17) is 9.47 Å². The number of aryl methyl sites for hydroxylation is 1. The number of imide groups is 1. The Bertz CT molecular complexity index is 1090. The van der Waals surface area contributed by atoms with Crippen molar-refractivity contribution >= 4 is 35.2 Å². The zero-order chi connectivity index (χ0) is 24.5. The first kappa shape index (κ1) is 24.3. The molecular formula is C26H30N2O5S. The molecule has 7 nitrogen and oxygen atoms in total. The van der Waals surface area contributed by atoms with E-state index in [-0.39, 0.29) is 11.8 Å². The number of fused-ring (bicyclic) bond motifs is 1. The number of thioether (sulfide) groups is 1. The second-order valence-electron chi connectivity index (χ2n) is 8.63. The fraction of sp³-hybridized carbons (Fsp3) is 0.423. The van der Waals surface area contributed by atoms with Gasteiger partial charge in [-0.2, -0.15) is 11.8 Å². The molecule has 0 saturated carbocycles. The number of nitrogens with one attached hydrogen (secondary N) is 1. The largest absolute Gasteiger partial charge is 0.494 e. The fourth-order valence-corrected chi connectivity index (χ4v) is 5.81. The molecule has 2 heterocycles. The molecule has 4 atom stereocenters. The number of nitrogens with zero attached hydrogens (tertiary/aromatic N) is 1. The average Bonchev–Trinajstić information content (AvgIpc) is 3.32. The first-order valence-electron chi connectivity index (χ1n) is 11.4. The summed E-state index contributed by atoms with van der Waals surface area (Å²) in [6, 6.07) is 14.2. The topological polar surface area (TPSA) is 84.9 Å². The van der Waals surface area contributed by atoms with Gasteiger partial charge in [0.1, 0.15) is 11.3 Å². The summed E-state index contributed by atoms with van der Waals surface area (Å²) in [6.45, 7) is 4.38. The quantitative estimate of drug-likeness (QED) is 0.455. The van der Waals surface area contributed by atoms with Crippen molar-refractivity contribution in [1.82, 2.24) is 5.32 Å². The number of carbonyl (C=O) groups excluding carboxylic acids is 3. The van der Waals surface area contributed by atoms with Gasteiger partial charge in [0.05, 0.1) is 31.2 Å². The van der Waals surface area contributed by atoms with E-state index >= 15 is 0 Å². The van der Waals surface area contributed by atoms with Crippen molar-refractivity contribution in [2.75, 3.05) is 30.6 Å². The lowest BCUT2D eigenvalue weighted by molar-refractivity contribution is -0.152. The molecule has 1 N–H and O–H groups in total. The van der Waals surface area contributed by atoms with Gasteiger partial charge in [0.25, 0.3) is 0 Å². The number of anilines is 1. The maximum Gasteiger partial charge on any atom is 0.326 e. The molecule has 0 aromatic heterocycles. The summed E-state index contributed by atoms with van der Waals surface area (Å²) in [7, 11) is 1.33. The van der Waals surface area contributed by atoms with E-state index in [1.54, 1.807) is 36.0 Å². The van der Waals surface area contributed by atoms with E-state index in [1.165, 1.54) is 12.0 Å². The van der Waals surface area contributed by atoms with Crippen LogP contribution in [0.3, 0.4) is 0 Å². The molecule has 2 aromatic carbocycles. The first-order valence-corrected chi connectivity index (χ1v) is 12.8. The Hall–Kier alpha value is -2.84. The summed E-state index contributed by atoms with van der Waals surface area (Å²) in [5.74, 6) is -1.49. The highest BCUT2D eigenvalue weighted by atomic mass is 32.2. The van der Waals surface area contributed by atoms with E-state index in [0.29, 0.717) is 30.2 Å². The minimum Gasteiger partial charge on any atom is -0.494 e. The molecule has 0 aliphatic carbocycles. The van der Waals surface area contributed by atoms with E-state index in [0.717, 1.165) is 11.1 Å². The van der Waals surface area contributed by atoms with Crippen molar-refractivity contribution in [2.45, 2.75) is 31.8 Å². The Balaban J connectivity index is 1.83. The summed E-state index contributed by atoms with van der Waals surface area (Å²) < 4.78 is 10.7. The molecule has 34 heavy (non-hydrogen) atoms. The number of rotatable bonds is 8. The number of ether oxygens (including phenoxy) is 2. The zero-order valence-electron chi connectivity index (χ0n) is 19.9. The van der Waals surface area contributed by atoms with Gasteiger partial charge in [-0.3, -0.25) is 19.7 Å². The lowest BCUT2D eigenvalue weighted by Crippen LogP contribution is -2.56. The number of amides is 2. The number of carbonyl (C=O) groups is 3. The molecule has 2 aromatic rings. The summed E-state index contributed by atoms with van der Waals surface area (Å²) >= 11 is 1.58. The van der Waals surface area contributed by atoms with E-state index in [9.17, 15) is 14.4 Å². The van der Waals surface area contributed by atoms with Gasteiger partial charge >= 0.3 is 5.97 Å². The van der Waals surface area contributed by atoms with Crippen LogP contribution in [0.1, 0.15) is 30.5 Å². The number of benzene rings is 2. The maximum absolute atomic E-state index is 13.9. The van der Waals surface area contributed by atoms with Gasteiger partial charge in [-0.1, -0.05) is 24.3 Å². The average molecular weight is 483 g/mol. The summed E-state index contributed by atoms with van der Waals surface area (Å²) in [4.78, 5) is 42.2. The van der Waals surface area contributed by atoms with Crippen LogP contribution >= 0.6 is 11.8 Å². The molecular weight excluding hydrogens is 452 g/mol. The van der Waals surface area contributed by atoms with Crippen LogP contribution in [0.4, 0.5) is 5.69 Å². The highest BCUT2D eigenvalue weighted by Crippen LogP contribution is 2.52. The Morgan fingerprint density at radius 1 is 1.12 bits per heavy atom. The zero-order valence-corrected chi connectivity index (χ0v) is 20.7. The van der Waals surface area contributed by atoms with Crippen molar-refractivity contribution in [3.05, 3.63) is 59.7 Å². The number of hydrogen-bond donors (Lipinski definition) is 1. The SMILES string of the molecule is CCOc1ccc(N2C(=O)[C@@H]3[C@H](c4ccccc4C)N[C@](CCSC)(C(=O)OC)[C@H]3C2=O)cc1. The van der Waals surface area contributed by atoms with Crippen LogP contribution in [0, 0.1) is 18.8 Å². The van der Waals surface area contributed by atoms with Crippen molar-refractivity contribution in [1.29, 1.82) is 0 Å². The minimum absolute atomic E-state index is 0.310. The van der Waals surface area contributed by atoms with Gasteiger partial charge in [-0.25, -0.2) is 4.90 Å². The minimum atomic E-state index is -1.29. The van der Waals surface area contributed by atoms with Crippen LogP contribution in [0.5, 0.6) is 5.75 Å². The van der Waals surface area contributed by atoms with Gasteiger partial charge < -0.3 is 9.47 Å². The third-order valence-electron chi connectivity index (χ3n) is 6.83. The standard InChI is InChI=1S/C26H30N2O5S/c1-5-33-18-12-10-17(11-13-18)28-23(29)20-21(24(28)30)26(14-15-34-4,25(31)32-3)27-22(20)19-9-7-6-8-16(19)2/h6-13,20-22,27H,5,14-15H2,1-4H3/t20-,21+,22-,26-/m0/s1. The Labute approximate surface area is 204 Å². The normalized spacial score (nSPS) is 26.0. The first-order chi connectivity index (χ1) is 16.4. The van der Waals surface area contributed by atoms with Gasteiger partial charge in [0.2, 0.25) is 11.8 Å². The highest BCUT2D eigenvalue weighted by Gasteiger charge is 2.68. The highest BCUT2D eigenvalue weighted by molar-refractivity contribution is 7.98. The summed E-state index contributed by atoms with van der Waals surface area (Å²) in [5, 5.41) is 3.43. The Morgan fingerprint density at radius 2 is 1.82 bits per heavy atom. The molecule has 2 saturated heterocycles. The smallest absolute Gasteiger partial charge is 0.326 e. The summed E-state index contributed by atoms with van der Waals surface area (Å²) in [6.07, 6.45) is 2.32. The molecule has 0 spiro atoms. The van der Waals surface area contributed by atoms with Crippen molar-refractivity contribution in [3.63, 3.8) is 0 Å². The molecule has 2 aliphatic rings. The van der Waals surface area contributed by atoms with Crippen molar-refractivity contribution in [2.24, 2.45) is 11.8 Å².